The minimum Gasteiger partial charge on any atom is -0.494 e. The van der Waals surface area contributed by atoms with Gasteiger partial charge in [0.25, 0.3) is 5.56 Å². The Morgan fingerprint density at radius 3 is 1.90 bits per heavy atom. The summed E-state index contributed by atoms with van der Waals surface area (Å²) in [7, 11) is 0. The fraction of sp³-hybridized carbons (Fsp3) is 0.583. The number of pyridine rings is 1. The Balaban J connectivity index is 1.95. The molecule has 0 unspecified atom stereocenters. The zero-order valence-corrected chi connectivity index (χ0v) is 25.9. The molecule has 0 amide bonds. The van der Waals surface area contributed by atoms with Crippen molar-refractivity contribution in [3.63, 3.8) is 0 Å². The summed E-state index contributed by atoms with van der Waals surface area (Å²) in [5.74, 6) is 1.68. The standard InChI is InChI=1S/C36H53NO4/c1-4-7-10-13-14-18-25-37-33-28-31(39-26-19-11-8-5-2)23-24-32(33)34(40-27-20-12-9-6-3)35(36(37)38)41-29-30-21-16-15-17-22-30/h15-17,21-24,28H,4-14,18-20,25-27,29H2,1-3H3. The number of benzene rings is 2. The van der Waals surface area contributed by atoms with Crippen molar-refractivity contribution in [2.75, 3.05) is 13.2 Å². The predicted octanol–water partition coefficient (Wildman–Crippen LogP) is 9.86. The molecule has 5 heteroatoms. The molecule has 0 bridgehead atoms. The molecule has 3 rings (SSSR count). The Morgan fingerprint density at radius 2 is 1.22 bits per heavy atom. The molecule has 0 fully saturated rings. The molecule has 0 saturated carbocycles. The fourth-order valence-electron chi connectivity index (χ4n) is 5.16. The van der Waals surface area contributed by atoms with Gasteiger partial charge >= 0.3 is 0 Å². The largest absolute Gasteiger partial charge is 0.494 e. The number of rotatable bonds is 22. The van der Waals surface area contributed by atoms with Gasteiger partial charge in [0.15, 0.2) is 5.75 Å². The van der Waals surface area contributed by atoms with E-state index in [4.69, 9.17) is 14.2 Å². The highest BCUT2D eigenvalue weighted by Gasteiger charge is 2.21. The molecule has 0 atom stereocenters. The first kappa shape index (κ1) is 32.6. The van der Waals surface area contributed by atoms with Gasteiger partial charge in [0, 0.05) is 18.0 Å². The maximum Gasteiger partial charge on any atom is 0.297 e. The van der Waals surface area contributed by atoms with Gasteiger partial charge in [-0.05, 0) is 37.0 Å². The first-order valence-corrected chi connectivity index (χ1v) is 16.3. The average molecular weight is 564 g/mol. The molecule has 1 aromatic heterocycles. The molecule has 0 aliphatic carbocycles. The summed E-state index contributed by atoms with van der Waals surface area (Å²) in [6, 6.07) is 16.1. The van der Waals surface area contributed by atoms with Gasteiger partial charge in [-0.3, -0.25) is 4.79 Å². The molecule has 0 aliphatic heterocycles. The Kier molecular flexibility index (Phi) is 15.3. The Bertz CT molecular complexity index is 1190. The monoisotopic (exact) mass is 563 g/mol. The average Bonchev–Trinajstić information content (AvgIpc) is 2.99. The normalized spacial score (nSPS) is 11.2. The summed E-state index contributed by atoms with van der Waals surface area (Å²) >= 11 is 0. The molecule has 0 aliphatic rings. The van der Waals surface area contributed by atoms with Crippen molar-refractivity contribution in [2.45, 2.75) is 124 Å². The minimum absolute atomic E-state index is 0.120. The van der Waals surface area contributed by atoms with E-state index in [-0.39, 0.29) is 5.56 Å². The van der Waals surface area contributed by atoms with Gasteiger partial charge in [0.2, 0.25) is 5.75 Å². The number of hydrogen-bond acceptors (Lipinski definition) is 4. The zero-order chi connectivity index (χ0) is 29.1. The lowest BCUT2D eigenvalue weighted by Gasteiger charge is -2.20. The third kappa shape index (κ3) is 10.8. The molecule has 0 spiro atoms. The second-order valence-corrected chi connectivity index (χ2v) is 11.2. The van der Waals surface area contributed by atoms with Crippen molar-refractivity contribution >= 4 is 10.9 Å². The van der Waals surface area contributed by atoms with E-state index >= 15 is 0 Å². The van der Waals surface area contributed by atoms with E-state index in [9.17, 15) is 4.79 Å². The van der Waals surface area contributed by atoms with Gasteiger partial charge in [0.1, 0.15) is 12.4 Å². The van der Waals surface area contributed by atoms with Crippen LogP contribution < -0.4 is 19.8 Å². The molecule has 41 heavy (non-hydrogen) atoms. The van der Waals surface area contributed by atoms with Gasteiger partial charge in [0.05, 0.1) is 18.7 Å². The van der Waals surface area contributed by atoms with Gasteiger partial charge in [-0.2, -0.15) is 0 Å². The smallest absolute Gasteiger partial charge is 0.297 e. The van der Waals surface area contributed by atoms with Crippen molar-refractivity contribution in [1.82, 2.24) is 4.57 Å². The maximum atomic E-state index is 14.1. The molecular formula is C36H53NO4. The Labute approximate surface area is 248 Å². The van der Waals surface area contributed by atoms with E-state index in [0.717, 1.165) is 54.3 Å². The lowest BCUT2D eigenvalue weighted by Crippen LogP contribution is -2.24. The second-order valence-electron chi connectivity index (χ2n) is 11.2. The van der Waals surface area contributed by atoms with Gasteiger partial charge in [-0.15, -0.1) is 0 Å². The zero-order valence-electron chi connectivity index (χ0n) is 25.9. The number of aromatic nitrogens is 1. The quantitative estimate of drug-likeness (QED) is 0.114. The van der Waals surface area contributed by atoms with E-state index in [2.05, 4.69) is 20.8 Å². The highest BCUT2D eigenvalue weighted by atomic mass is 16.5. The van der Waals surface area contributed by atoms with Crippen molar-refractivity contribution < 1.29 is 14.2 Å². The first-order valence-electron chi connectivity index (χ1n) is 16.3. The number of ether oxygens (including phenoxy) is 3. The number of hydrogen-bond donors (Lipinski definition) is 0. The number of nitrogens with zero attached hydrogens (tertiary/aromatic N) is 1. The van der Waals surface area contributed by atoms with Crippen LogP contribution in [0, 0.1) is 0 Å². The van der Waals surface area contributed by atoms with Crippen LogP contribution in [0.1, 0.15) is 116 Å². The number of aryl methyl sites for hydroxylation is 1. The van der Waals surface area contributed by atoms with Crippen molar-refractivity contribution in [3.05, 3.63) is 64.4 Å². The third-order valence-electron chi connectivity index (χ3n) is 7.62. The molecule has 3 aromatic rings. The van der Waals surface area contributed by atoms with Crippen LogP contribution >= 0.6 is 0 Å². The van der Waals surface area contributed by atoms with Crippen molar-refractivity contribution in [1.29, 1.82) is 0 Å². The Morgan fingerprint density at radius 1 is 0.610 bits per heavy atom. The van der Waals surface area contributed by atoms with Crippen molar-refractivity contribution in [3.8, 4) is 17.2 Å². The van der Waals surface area contributed by atoms with Crippen LogP contribution in [-0.4, -0.2) is 17.8 Å². The summed E-state index contributed by atoms with van der Waals surface area (Å²) in [5, 5.41) is 0.910. The molecule has 0 N–H and O–H groups in total. The Hall–Kier alpha value is -2.95. The highest BCUT2D eigenvalue weighted by molar-refractivity contribution is 5.89. The summed E-state index contributed by atoms with van der Waals surface area (Å²) < 4.78 is 20.7. The molecule has 0 radical (unpaired) electrons. The van der Waals surface area contributed by atoms with E-state index in [1.807, 2.05) is 53.1 Å². The van der Waals surface area contributed by atoms with Gasteiger partial charge in [-0.1, -0.05) is 122 Å². The lowest BCUT2D eigenvalue weighted by molar-refractivity contribution is 0.255. The molecule has 0 saturated heterocycles. The molecule has 1 heterocycles. The van der Waals surface area contributed by atoms with Crippen LogP contribution in [0.3, 0.4) is 0 Å². The van der Waals surface area contributed by atoms with Gasteiger partial charge in [-0.25, -0.2) is 0 Å². The van der Waals surface area contributed by atoms with E-state index in [1.54, 1.807) is 0 Å². The van der Waals surface area contributed by atoms with E-state index < -0.39 is 0 Å². The van der Waals surface area contributed by atoms with Crippen LogP contribution in [0.25, 0.3) is 10.9 Å². The van der Waals surface area contributed by atoms with Gasteiger partial charge < -0.3 is 18.8 Å². The highest BCUT2D eigenvalue weighted by Crippen LogP contribution is 2.36. The summed E-state index contributed by atoms with van der Waals surface area (Å²) in [6.45, 7) is 8.88. The van der Waals surface area contributed by atoms with Crippen LogP contribution in [0.5, 0.6) is 17.2 Å². The van der Waals surface area contributed by atoms with Crippen LogP contribution in [0.2, 0.25) is 0 Å². The molecule has 2 aromatic carbocycles. The SMILES string of the molecule is CCCCCCCCn1c(=O)c(OCc2ccccc2)c(OCCCCCC)c2ccc(OCCCCCC)cc21. The summed E-state index contributed by atoms with van der Waals surface area (Å²) in [6.07, 6.45) is 16.1. The predicted molar refractivity (Wildman–Crippen MR) is 172 cm³/mol. The number of unbranched alkanes of at least 4 members (excludes halogenated alkanes) is 11. The van der Waals surface area contributed by atoms with Crippen molar-refractivity contribution in [2.24, 2.45) is 0 Å². The van der Waals surface area contributed by atoms with E-state index in [1.165, 1.54) is 57.8 Å². The van der Waals surface area contributed by atoms with Crippen LogP contribution in [0.4, 0.5) is 0 Å². The topological polar surface area (TPSA) is 49.7 Å². The molecular weight excluding hydrogens is 510 g/mol. The van der Waals surface area contributed by atoms with Crippen LogP contribution in [-0.2, 0) is 13.2 Å². The number of fused-ring (bicyclic) bond motifs is 1. The van der Waals surface area contributed by atoms with E-state index in [0.29, 0.717) is 37.9 Å². The fourth-order valence-corrected chi connectivity index (χ4v) is 5.16. The second kappa shape index (κ2) is 19.2. The first-order chi connectivity index (χ1) is 20.2. The summed E-state index contributed by atoms with van der Waals surface area (Å²) in [5.41, 5.74) is 1.77. The minimum atomic E-state index is -0.120. The molecule has 5 nitrogen and oxygen atoms in total. The van der Waals surface area contributed by atoms with Crippen LogP contribution in [0.15, 0.2) is 53.3 Å². The third-order valence-corrected chi connectivity index (χ3v) is 7.62. The maximum absolute atomic E-state index is 14.1. The lowest BCUT2D eigenvalue weighted by atomic mass is 10.1. The molecule has 226 valence electrons. The summed E-state index contributed by atoms with van der Waals surface area (Å²) in [4.78, 5) is 14.1.